The highest BCUT2D eigenvalue weighted by atomic mass is 35.5. The van der Waals surface area contributed by atoms with E-state index in [2.05, 4.69) is 15.5 Å². The van der Waals surface area contributed by atoms with Gasteiger partial charge < -0.3 is 14.6 Å². The molecule has 1 rings (SSSR count). The summed E-state index contributed by atoms with van der Waals surface area (Å²) in [5.41, 5.74) is 0. The number of carbonyl (C=O) groups excluding carboxylic acids is 1. The number of likely N-dealkylation sites (N-methyl/N-ethyl adjacent to an activating group) is 1. The molecule has 1 aromatic rings. The second kappa shape index (κ2) is 4.97. The zero-order chi connectivity index (χ0) is 11.4. The van der Waals surface area contributed by atoms with Crippen LogP contribution in [0, 0.1) is 0 Å². The summed E-state index contributed by atoms with van der Waals surface area (Å²) in [5, 5.41) is 10.1. The molecule has 0 saturated carbocycles. The first-order valence-corrected chi connectivity index (χ1v) is 4.94. The predicted octanol–water partition coefficient (Wildman–Crippen LogP) is 0.697. The fourth-order valence-electron chi connectivity index (χ4n) is 1.00. The van der Waals surface area contributed by atoms with E-state index in [4.69, 9.17) is 16.0 Å². The van der Waals surface area contributed by atoms with Gasteiger partial charge in [0.1, 0.15) is 11.9 Å². The number of rotatable bonds is 4. The zero-order valence-corrected chi connectivity index (χ0v) is 9.58. The number of nitrogens with one attached hydrogen (secondary N) is 1. The van der Waals surface area contributed by atoms with Gasteiger partial charge in [0.25, 0.3) is 0 Å². The normalized spacial score (nSPS) is 12.3. The molecule has 0 fully saturated rings. The maximum absolute atomic E-state index is 11.5. The van der Waals surface area contributed by atoms with Gasteiger partial charge in [-0.25, -0.2) is 0 Å². The molecule has 0 aliphatic heterocycles. The van der Waals surface area contributed by atoms with Crippen LogP contribution in [-0.4, -0.2) is 41.1 Å². The molecule has 0 spiro atoms. The van der Waals surface area contributed by atoms with E-state index < -0.39 is 6.04 Å². The molecule has 1 atom stereocenters. The summed E-state index contributed by atoms with van der Waals surface area (Å²) in [6.07, 6.45) is 0. The van der Waals surface area contributed by atoms with Gasteiger partial charge >= 0.3 is 6.01 Å². The number of halogens is 1. The van der Waals surface area contributed by atoms with Crippen LogP contribution in [0.1, 0.15) is 12.8 Å². The minimum Gasteiger partial charge on any atom is -0.407 e. The monoisotopic (exact) mass is 232 g/mol. The topological polar surface area (TPSA) is 71.3 Å². The summed E-state index contributed by atoms with van der Waals surface area (Å²) in [6.45, 7) is 1.72. The van der Waals surface area contributed by atoms with Gasteiger partial charge in [0, 0.05) is 14.1 Å². The average Bonchev–Trinajstić information content (AvgIpc) is 2.64. The Kier molecular flexibility index (Phi) is 3.90. The van der Waals surface area contributed by atoms with Crippen LogP contribution >= 0.6 is 11.6 Å². The van der Waals surface area contributed by atoms with Gasteiger partial charge in [-0.05, 0) is 6.92 Å². The van der Waals surface area contributed by atoms with Crippen molar-refractivity contribution < 1.29 is 9.21 Å². The van der Waals surface area contributed by atoms with E-state index in [-0.39, 0.29) is 17.8 Å². The molecule has 0 radical (unpaired) electrons. The summed E-state index contributed by atoms with van der Waals surface area (Å²) in [6, 6.07) is -0.211. The van der Waals surface area contributed by atoms with Gasteiger partial charge in [0.2, 0.25) is 11.8 Å². The van der Waals surface area contributed by atoms with Crippen molar-refractivity contribution in [1.29, 1.82) is 0 Å². The van der Waals surface area contributed by atoms with Gasteiger partial charge in [-0.3, -0.25) is 4.79 Å². The molecule has 1 aromatic heterocycles. The van der Waals surface area contributed by atoms with Crippen molar-refractivity contribution in [3.8, 4) is 0 Å². The maximum Gasteiger partial charge on any atom is 0.316 e. The van der Waals surface area contributed by atoms with E-state index in [1.807, 2.05) is 0 Å². The van der Waals surface area contributed by atoms with Crippen molar-refractivity contribution in [2.45, 2.75) is 18.8 Å². The van der Waals surface area contributed by atoms with Gasteiger partial charge in [-0.1, -0.05) is 5.10 Å². The number of anilines is 1. The Bertz CT molecular complexity index is 339. The number of nitrogens with zero attached hydrogens (tertiary/aromatic N) is 3. The Morgan fingerprint density at radius 3 is 2.73 bits per heavy atom. The largest absolute Gasteiger partial charge is 0.407 e. The van der Waals surface area contributed by atoms with Crippen molar-refractivity contribution in [2.75, 3.05) is 19.4 Å². The van der Waals surface area contributed by atoms with Crippen LogP contribution < -0.4 is 5.32 Å². The molecule has 0 aliphatic carbocycles. The summed E-state index contributed by atoms with van der Waals surface area (Å²) in [4.78, 5) is 13.0. The molecule has 6 nitrogen and oxygen atoms in total. The third kappa shape index (κ3) is 3.09. The van der Waals surface area contributed by atoms with Crippen molar-refractivity contribution in [2.24, 2.45) is 0 Å². The average molecular weight is 233 g/mol. The molecule has 0 bridgehead atoms. The lowest BCUT2D eigenvalue weighted by molar-refractivity contribution is -0.129. The van der Waals surface area contributed by atoms with Crippen LogP contribution in [0.5, 0.6) is 0 Å². The van der Waals surface area contributed by atoms with Gasteiger partial charge in [0.15, 0.2) is 0 Å². The Morgan fingerprint density at radius 1 is 1.60 bits per heavy atom. The standard InChI is InChI=1S/C8H13ClN4O2/c1-5(7(14)13(2)3)10-8-12-11-6(4-9)15-8/h5H,4H2,1-3H3,(H,10,12). The molecule has 0 aromatic carbocycles. The number of hydrogen-bond acceptors (Lipinski definition) is 5. The number of aromatic nitrogens is 2. The van der Waals surface area contributed by atoms with Gasteiger partial charge in [0.05, 0.1) is 0 Å². The zero-order valence-electron chi connectivity index (χ0n) is 8.82. The SMILES string of the molecule is CC(Nc1nnc(CCl)o1)C(=O)N(C)C. The van der Waals surface area contributed by atoms with Gasteiger partial charge in [-0.15, -0.1) is 16.7 Å². The van der Waals surface area contributed by atoms with Crippen LogP contribution in [0.4, 0.5) is 6.01 Å². The van der Waals surface area contributed by atoms with E-state index in [0.717, 1.165) is 0 Å². The Labute approximate surface area is 92.6 Å². The van der Waals surface area contributed by atoms with E-state index in [0.29, 0.717) is 5.89 Å². The van der Waals surface area contributed by atoms with Crippen LogP contribution in [0.25, 0.3) is 0 Å². The smallest absolute Gasteiger partial charge is 0.316 e. The van der Waals surface area contributed by atoms with E-state index >= 15 is 0 Å². The van der Waals surface area contributed by atoms with E-state index in [9.17, 15) is 4.79 Å². The summed E-state index contributed by atoms with van der Waals surface area (Å²) >= 11 is 5.49. The fourth-order valence-corrected chi connectivity index (χ4v) is 1.11. The minimum absolute atomic E-state index is 0.0689. The van der Waals surface area contributed by atoms with Crippen LogP contribution in [-0.2, 0) is 10.7 Å². The molecule has 15 heavy (non-hydrogen) atoms. The Hall–Kier alpha value is -1.30. The van der Waals surface area contributed by atoms with Crippen LogP contribution in [0.2, 0.25) is 0 Å². The summed E-state index contributed by atoms with van der Waals surface area (Å²) < 4.78 is 5.10. The lowest BCUT2D eigenvalue weighted by atomic mass is 10.3. The molecule has 1 N–H and O–H groups in total. The van der Waals surface area contributed by atoms with Crippen molar-refractivity contribution in [3.63, 3.8) is 0 Å². The van der Waals surface area contributed by atoms with Crippen molar-refractivity contribution >= 4 is 23.5 Å². The van der Waals surface area contributed by atoms with E-state index in [1.54, 1.807) is 21.0 Å². The first-order valence-electron chi connectivity index (χ1n) is 4.40. The first kappa shape index (κ1) is 11.8. The molecule has 0 saturated heterocycles. The van der Waals surface area contributed by atoms with Gasteiger partial charge in [-0.2, -0.15) is 0 Å². The summed E-state index contributed by atoms with van der Waals surface area (Å²) in [5.74, 6) is 0.411. The minimum atomic E-state index is -0.413. The quantitative estimate of drug-likeness (QED) is 0.774. The fraction of sp³-hybridized carbons (Fsp3) is 0.625. The number of alkyl halides is 1. The lowest BCUT2D eigenvalue weighted by Crippen LogP contribution is -2.36. The van der Waals surface area contributed by atoms with E-state index in [1.165, 1.54) is 4.90 Å². The number of hydrogen-bond donors (Lipinski definition) is 1. The first-order chi connectivity index (χ1) is 7.04. The van der Waals surface area contributed by atoms with Crippen LogP contribution in [0.15, 0.2) is 4.42 Å². The number of amides is 1. The molecular formula is C8H13ClN4O2. The molecule has 1 heterocycles. The maximum atomic E-state index is 11.5. The molecular weight excluding hydrogens is 220 g/mol. The third-order valence-electron chi connectivity index (χ3n) is 1.73. The molecule has 7 heteroatoms. The molecule has 84 valence electrons. The third-order valence-corrected chi connectivity index (χ3v) is 1.96. The molecule has 0 aliphatic rings. The molecule has 1 unspecified atom stereocenters. The highest BCUT2D eigenvalue weighted by molar-refractivity contribution is 6.16. The van der Waals surface area contributed by atoms with Crippen molar-refractivity contribution in [3.05, 3.63) is 5.89 Å². The lowest BCUT2D eigenvalue weighted by Gasteiger charge is -2.16. The van der Waals surface area contributed by atoms with Crippen molar-refractivity contribution in [1.82, 2.24) is 15.1 Å². The van der Waals surface area contributed by atoms with Crippen LogP contribution in [0.3, 0.4) is 0 Å². The predicted molar refractivity (Wildman–Crippen MR) is 55.6 cm³/mol. The summed E-state index contributed by atoms with van der Waals surface area (Å²) in [7, 11) is 3.36. The number of carbonyl (C=O) groups is 1. The highest BCUT2D eigenvalue weighted by Gasteiger charge is 2.16. The Balaban J connectivity index is 2.58. The molecule has 1 amide bonds. The Morgan fingerprint density at radius 2 is 2.27 bits per heavy atom. The second-order valence-corrected chi connectivity index (χ2v) is 3.50. The highest BCUT2D eigenvalue weighted by Crippen LogP contribution is 2.09. The second-order valence-electron chi connectivity index (χ2n) is 3.23.